The summed E-state index contributed by atoms with van der Waals surface area (Å²) in [4.78, 5) is 35.5. The average molecular weight is 408 g/mol. The zero-order valence-corrected chi connectivity index (χ0v) is 17.0. The second-order valence-corrected chi connectivity index (χ2v) is 7.51. The van der Waals surface area contributed by atoms with Crippen LogP contribution in [0.5, 0.6) is 0 Å². The molecule has 0 saturated carbocycles. The Hall–Kier alpha value is -3.10. The zero-order chi connectivity index (χ0) is 22.0. The molecule has 1 fully saturated rings. The Bertz CT molecular complexity index is 823. The fourth-order valence-electron chi connectivity index (χ4n) is 2.56. The number of primary amides is 2. The Balaban J connectivity index is 0.000000230. The number of amides is 3. The molecule has 1 aromatic carbocycles. The molecule has 160 valence electrons. The number of aromatic amines is 1. The van der Waals surface area contributed by atoms with Crippen molar-refractivity contribution in [1.82, 2.24) is 9.88 Å². The Kier molecular flexibility index (Phi) is 9.11. The third-order valence-corrected chi connectivity index (χ3v) is 3.79. The van der Waals surface area contributed by atoms with Crippen molar-refractivity contribution >= 4 is 29.3 Å². The molecule has 0 bridgehead atoms. The number of ether oxygens (including phenoxy) is 1. The topological polar surface area (TPSA) is 132 Å². The average Bonchev–Trinajstić information content (AvgIpc) is 3.05. The smallest absolute Gasteiger partial charge is 0.405 e. The highest BCUT2D eigenvalue weighted by atomic mass is 19.1. The number of carbonyl (C=O) groups is 3. The molecule has 29 heavy (non-hydrogen) atoms. The number of carbonyl (C=O) groups excluding carboxylic acids is 3. The fraction of sp³-hybridized carbons (Fsp3) is 0.450. The molecule has 0 radical (unpaired) electrons. The van der Waals surface area contributed by atoms with Crippen LogP contribution in [0, 0.1) is 5.82 Å². The first kappa shape index (κ1) is 23.9. The first-order chi connectivity index (χ1) is 13.5. The van der Waals surface area contributed by atoms with Crippen LogP contribution >= 0.6 is 0 Å². The number of piperidine rings is 1. The number of H-pyrrole nitrogens is 1. The van der Waals surface area contributed by atoms with Crippen LogP contribution in [0.3, 0.4) is 0 Å². The molecule has 1 aliphatic heterocycles. The number of hydrogen-bond acceptors (Lipinski definition) is 4. The van der Waals surface area contributed by atoms with Crippen molar-refractivity contribution in [2.45, 2.75) is 45.6 Å². The van der Waals surface area contributed by atoms with Crippen LogP contribution in [0.25, 0.3) is 10.9 Å². The molecule has 2 heterocycles. The maximum atomic E-state index is 12.7. The molecule has 1 aliphatic rings. The molecule has 1 saturated heterocycles. The van der Waals surface area contributed by atoms with Crippen molar-refractivity contribution in [2.75, 3.05) is 13.1 Å². The molecular formula is C20H29FN4O4. The Morgan fingerprint density at radius 2 is 1.76 bits per heavy atom. The molecule has 0 aliphatic carbocycles. The zero-order valence-electron chi connectivity index (χ0n) is 17.0. The van der Waals surface area contributed by atoms with Gasteiger partial charge in [0.1, 0.15) is 17.1 Å². The van der Waals surface area contributed by atoms with Gasteiger partial charge in [0, 0.05) is 24.0 Å². The molecule has 3 rings (SSSR count). The van der Waals surface area contributed by atoms with Crippen LogP contribution in [0.1, 0.15) is 50.5 Å². The minimum absolute atomic E-state index is 0.292. The predicted molar refractivity (Wildman–Crippen MR) is 109 cm³/mol. The fourth-order valence-corrected chi connectivity index (χ4v) is 2.56. The van der Waals surface area contributed by atoms with E-state index in [1.54, 1.807) is 26.8 Å². The van der Waals surface area contributed by atoms with Crippen molar-refractivity contribution in [3.8, 4) is 0 Å². The van der Waals surface area contributed by atoms with Gasteiger partial charge in [0.05, 0.1) is 0 Å². The largest absolute Gasteiger partial charge is 0.444 e. The van der Waals surface area contributed by atoms with E-state index in [-0.39, 0.29) is 5.82 Å². The van der Waals surface area contributed by atoms with Gasteiger partial charge in [-0.25, -0.2) is 9.18 Å². The quantitative estimate of drug-likeness (QED) is 0.659. The van der Waals surface area contributed by atoms with Crippen LogP contribution in [0.15, 0.2) is 24.3 Å². The molecule has 5 N–H and O–H groups in total. The highest BCUT2D eigenvalue weighted by Gasteiger charge is 2.12. The van der Waals surface area contributed by atoms with E-state index in [9.17, 15) is 18.8 Å². The number of benzene rings is 1. The summed E-state index contributed by atoms with van der Waals surface area (Å²) in [6.45, 7) is 7.24. The van der Waals surface area contributed by atoms with Crippen molar-refractivity contribution in [1.29, 1.82) is 0 Å². The van der Waals surface area contributed by atoms with Gasteiger partial charge in [-0.05, 0) is 64.3 Å². The molecule has 9 heteroatoms. The van der Waals surface area contributed by atoms with Crippen LogP contribution < -0.4 is 11.5 Å². The van der Waals surface area contributed by atoms with Crippen molar-refractivity contribution in [3.63, 3.8) is 0 Å². The first-order valence-electron chi connectivity index (χ1n) is 9.27. The summed E-state index contributed by atoms with van der Waals surface area (Å²) >= 11 is 0. The van der Waals surface area contributed by atoms with Gasteiger partial charge in [0.2, 0.25) is 6.41 Å². The number of likely N-dealkylation sites (tertiary alicyclic amines) is 1. The molecule has 8 nitrogen and oxygen atoms in total. The summed E-state index contributed by atoms with van der Waals surface area (Å²) in [6.07, 6.45) is 3.90. The van der Waals surface area contributed by atoms with Crippen molar-refractivity contribution < 1.29 is 23.5 Å². The van der Waals surface area contributed by atoms with Crippen LogP contribution in [0.2, 0.25) is 0 Å². The molecule has 1 aromatic heterocycles. The van der Waals surface area contributed by atoms with Gasteiger partial charge in [-0.15, -0.1) is 0 Å². The van der Waals surface area contributed by atoms with Gasteiger partial charge in [-0.2, -0.15) is 0 Å². The number of rotatable bonds is 2. The number of aromatic nitrogens is 1. The van der Waals surface area contributed by atoms with Crippen LogP contribution in [-0.4, -0.2) is 47.0 Å². The lowest BCUT2D eigenvalue weighted by Crippen LogP contribution is -2.27. The van der Waals surface area contributed by atoms with Crippen LogP contribution in [-0.2, 0) is 9.53 Å². The van der Waals surface area contributed by atoms with E-state index >= 15 is 0 Å². The molecule has 2 aromatic rings. The van der Waals surface area contributed by atoms with E-state index in [0.717, 1.165) is 19.5 Å². The number of fused-ring (bicyclic) bond motifs is 1. The van der Waals surface area contributed by atoms with Gasteiger partial charge in [-0.1, -0.05) is 0 Å². The Morgan fingerprint density at radius 3 is 2.17 bits per heavy atom. The molecule has 0 atom stereocenters. The summed E-state index contributed by atoms with van der Waals surface area (Å²) in [5.41, 5.74) is 10.3. The normalized spacial score (nSPS) is 13.4. The molecule has 3 amide bonds. The van der Waals surface area contributed by atoms with Gasteiger partial charge in [0.15, 0.2) is 0 Å². The SMILES string of the molecule is CC(C)(C)OC(N)=O.NC(=O)c1cc2cc(F)ccc2[nH]1.O=CN1CCCCC1. The van der Waals surface area contributed by atoms with E-state index in [1.165, 1.54) is 37.5 Å². The van der Waals surface area contributed by atoms with Gasteiger partial charge in [0.25, 0.3) is 5.91 Å². The van der Waals surface area contributed by atoms with E-state index in [2.05, 4.69) is 9.72 Å². The highest BCUT2D eigenvalue weighted by molar-refractivity contribution is 5.96. The lowest BCUT2D eigenvalue weighted by Gasteiger charge is -2.21. The molecule has 0 spiro atoms. The Morgan fingerprint density at radius 1 is 1.14 bits per heavy atom. The minimum atomic E-state index is -0.725. The van der Waals surface area contributed by atoms with Gasteiger partial charge in [-0.3, -0.25) is 9.59 Å². The lowest BCUT2D eigenvalue weighted by atomic mass is 10.1. The maximum absolute atomic E-state index is 12.7. The monoisotopic (exact) mass is 408 g/mol. The van der Waals surface area contributed by atoms with Gasteiger partial charge < -0.3 is 26.1 Å². The number of nitrogens with zero attached hydrogens (tertiary/aromatic N) is 1. The number of hydrogen-bond donors (Lipinski definition) is 3. The predicted octanol–water partition coefficient (Wildman–Crippen LogP) is 2.91. The third kappa shape index (κ3) is 9.59. The van der Waals surface area contributed by atoms with E-state index < -0.39 is 17.6 Å². The number of nitrogens with two attached hydrogens (primary N) is 2. The third-order valence-electron chi connectivity index (χ3n) is 3.79. The van der Waals surface area contributed by atoms with E-state index in [0.29, 0.717) is 16.6 Å². The summed E-state index contributed by atoms with van der Waals surface area (Å²) in [5, 5.41) is 0.647. The Labute approximate surface area is 169 Å². The highest BCUT2D eigenvalue weighted by Crippen LogP contribution is 2.16. The summed E-state index contributed by atoms with van der Waals surface area (Å²) in [7, 11) is 0. The van der Waals surface area contributed by atoms with E-state index in [1.807, 2.05) is 4.90 Å². The standard InChI is InChI=1S/C9H7FN2O.C6H11NO.C5H11NO2/c10-6-1-2-7-5(3-6)4-8(12-7)9(11)13;8-6-7-4-2-1-3-5-7;1-5(2,3)8-4(6)7/h1-4,12H,(H2,11,13);6H,1-5H2;1-3H3,(H2,6,7). The van der Waals surface area contributed by atoms with E-state index in [4.69, 9.17) is 11.5 Å². The van der Waals surface area contributed by atoms with Gasteiger partial charge >= 0.3 is 6.09 Å². The molecular weight excluding hydrogens is 379 g/mol. The maximum Gasteiger partial charge on any atom is 0.405 e. The number of nitrogens with one attached hydrogen (secondary N) is 1. The minimum Gasteiger partial charge on any atom is -0.444 e. The van der Waals surface area contributed by atoms with Crippen molar-refractivity contribution in [3.05, 3.63) is 35.8 Å². The second kappa shape index (κ2) is 11.0. The van der Waals surface area contributed by atoms with Crippen molar-refractivity contribution in [2.24, 2.45) is 11.5 Å². The first-order valence-corrected chi connectivity index (χ1v) is 9.27. The molecule has 0 unspecified atom stereocenters. The summed E-state index contributed by atoms with van der Waals surface area (Å²) in [6, 6.07) is 5.76. The summed E-state index contributed by atoms with van der Waals surface area (Å²) < 4.78 is 17.3. The lowest BCUT2D eigenvalue weighted by molar-refractivity contribution is -0.118. The number of halogens is 1. The second-order valence-electron chi connectivity index (χ2n) is 7.51. The van der Waals surface area contributed by atoms with Crippen LogP contribution in [0.4, 0.5) is 9.18 Å². The summed E-state index contributed by atoms with van der Waals surface area (Å²) in [5.74, 6) is -0.876.